The molecule has 0 unspecified atom stereocenters. The van der Waals surface area contributed by atoms with E-state index in [1.165, 1.54) is 0 Å². The molecule has 0 aromatic carbocycles. The zero-order valence-electron chi connectivity index (χ0n) is 15.0. The molecular formula is C17H32N2O5. The van der Waals surface area contributed by atoms with Gasteiger partial charge in [0.05, 0.1) is 6.04 Å². The second-order valence-corrected chi connectivity index (χ2v) is 6.41. The van der Waals surface area contributed by atoms with Gasteiger partial charge < -0.3 is 15.9 Å². The average molecular weight is 344 g/mol. The van der Waals surface area contributed by atoms with Crippen molar-refractivity contribution in [2.45, 2.75) is 65.3 Å². The molecule has 0 aliphatic rings. The molecule has 4 N–H and O–H groups in total. The van der Waals surface area contributed by atoms with Crippen LogP contribution in [0.3, 0.4) is 0 Å². The standard InChI is InChI=1S/C17H32N2O5/c1-4-7-13(9-16(22)23)11-19(14(6-3)17(18)24)10-12(5-2)8-15(20)21/h12-14H,4-11H2,1-3H3,(H2,18,24)(H,20,21)(H,22,23)/t12-,13-,14+/m1/s1. The van der Waals surface area contributed by atoms with Gasteiger partial charge in [0.25, 0.3) is 0 Å². The third kappa shape index (κ3) is 8.86. The van der Waals surface area contributed by atoms with Crippen LogP contribution in [0.25, 0.3) is 0 Å². The number of carboxylic acid groups (broad SMARTS) is 2. The molecule has 0 saturated heterocycles. The monoisotopic (exact) mass is 344 g/mol. The summed E-state index contributed by atoms with van der Waals surface area (Å²) in [6, 6.07) is -0.499. The summed E-state index contributed by atoms with van der Waals surface area (Å²) in [6.07, 6.45) is 2.86. The first-order valence-corrected chi connectivity index (χ1v) is 8.71. The molecule has 0 bridgehead atoms. The summed E-state index contributed by atoms with van der Waals surface area (Å²) in [4.78, 5) is 35.7. The van der Waals surface area contributed by atoms with Crippen molar-refractivity contribution in [2.75, 3.05) is 13.1 Å². The highest BCUT2D eigenvalue weighted by molar-refractivity contribution is 5.79. The first-order chi connectivity index (χ1) is 11.2. The Kier molecular flexibility index (Phi) is 11.0. The number of aliphatic carboxylic acids is 2. The fourth-order valence-electron chi connectivity index (χ4n) is 3.13. The third-order valence-corrected chi connectivity index (χ3v) is 4.34. The number of hydrogen-bond donors (Lipinski definition) is 3. The van der Waals surface area contributed by atoms with Gasteiger partial charge in [0, 0.05) is 25.9 Å². The van der Waals surface area contributed by atoms with Gasteiger partial charge in [0.1, 0.15) is 0 Å². The van der Waals surface area contributed by atoms with Crippen molar-refractivity contribution in [3.63, 3.8) is 0 Å². The number of nitrogens with zero attached hydrogens (tertiary/aromatic N) is 1. The SMILES string of the molecule is CCC[C@H](CC(=O)O)CN(C[C@H](CC)CC(=O)O)[C@@H](CC)C(N)=O. The lowest BCUT2D eigenvalue weighted by Gasteiger charge is -2.34. The van der Waals surface area contributed by atoms with Crippen LogP contribution in [0.15, 0.2) is 0 Å². The van der Waals surface area contributed by atoms with Crippen molar-refractivity contribution in [3.8, 4) is 0 Å². The van der Waals surface area contributed by atoms with Crippen LogP contribution in [0.1, 0.15) is 59.3 Å². The summed E-state index contributed by atoms with van der Waals surface area (Å²) >= 11 is 0. The topological polar surface area (TPSA) is 121 Å². The molecule has 0 aliphatic carbocycles. The van der Waals surface area contributed by atoms with Crippen LogP contribution in [-0.2, 0) is 14.4 Å². The third-order valence-electron chi connectivity index (χ3n) is 4.34. The van der Waals surface area contributed by atoms with Crippen LogP contribution < -0.4 is 5.73 Å². The molecule has 0 radical (unpaired) electrons. The summed E-state index contributed by atoms with van der Waals surface area (Å²) in [6.45, 7) is 6.63. The largest absolute Gasteiger partial charge is 0.481 e. The number of carbonyl (C=O) groups excluding carboxylic acids is 1. The summed E-state index contributed by atoms with van der Waals surface area (Å²) < 4.78 is 0. The van der Waals surface area contributed by atoms with Crippen LogP contribution in [-0.4, -0.2) is 52.1 Å². The van der Waals surface area contributed by atoms with Crippen LogP contribution in [0.4, 0.5) is 0 Å². The van der Waals surface area contributed by atoms with E-state index in [1.807, 2.05) is 25.7 Å². The molecular weight excluding hydrogens is 312 g/mol. The fraction of sp³-hybridized carbons (Fsp3) is 0.824. The maximum atomic E-state index is 11.8. The summed E-state index contributed by atoms with van der Waals surface area (Å²) in [7, 11) is 0. The number of hydrogen-bond acceptors (Lipinski definition) is 4. The van der Waals surface area contributed by atoms with Crippen molar-refractivity contribution in [1.82, 2.24) is 4.90 Å². The maximum absolute atomic E-state index is 11.8. The van der Waals surface area contributed by atoms with Gasteiger partial charge in [-0.15, -0.1) is 0 Å². The van der Waals surface area contributed by atoms with Crippen LogP contribution >= 0.6 is 0 Å². The Hall–Kier alpha value is -1.63. The predicted molar refractivity (Wildman–Crippen MR) is 91.5 cm³/mol. The van der Waals surface area contributed by atoms with E-state index in [9.17, 15) is 14.4 Å². The van der Waals surface area contributed by atoms with E-state index in [0.29, 0.717) is 25.9 Å². The summed E-state index contributed by atoms with van der Waals surface area (Å²) in [5.74, 6) is -2.36. The molecule has 140 valence electrons. The van der Waals surface area contributed by atoms with Gasteiger partial charge in [-0.3, -0.25) is 19.3 Å². The van der Waals surface area contributed by atoms with E-state index in [0.717, 1.165) is 12.8 Å². The van der Waals surface area contributed by atoms with Crippen molar-refractivity contribution in [3.05, 3.63) is 0 Å². The Morgan fingerprint density at radius 2 is 1.42 bits per heavy atom. The minimum absolute atomic E-state index is 0.0274. The Morgan fingerprint density at radius 3 is 1.79 bits per heavy atom. The van der Waals surface area contributed by atoms with Gasteiger partial charge >= 0.3 is 11.9 Å². The van der Waals surface area contributed by atoms with E-state index in [-0.39, 0.29) is 24.7 Å². The van der Waals surface area contributed by atoms with E-state index in [2.05, 4.69) is 0 Å². The van der Waals surface area contributed by atoms with Crippen molar-refractivity contribution < 1.29 is 24.6 Å². The van der Waals surface area contributed by atoms with Gasteiger partial charge in [0.15, 0.2) is 0 Å². The van der Waals surface area contributed by atoms with E-state index >= 15 is 0 Å². The normalized spacial score (nSPS) is 15.0. The highest BCUT2D eigenvalue weighted by Crippen LogP contribution is 2.20. The lowest BCUT2D eigenvalue weighted by molar-refractivity contribution is -0.138. The average Bonchev–Trinajstić information content (AvgIpc) is 2.45. The number of amides is 1. The van der Waals surface area contributed by atoms with Gasteiger partial charge in [-0.05, 0) is 24.7 Å². The molecule has 24 heavy (non-hydrogen) atoms. The van der Waals surface area contributed by atoms with Crippen molar-refractivity contribution >= 4 is 17.8 Å². The highest BCUT2D eigenvalue weighted by atomic mass is 16.4. The molecule has 0 saturated carbocycles. The van der Waals surface area contributed by atoms with Crippen LogP contribution in [0.2, 0.25) is 0 Å². The lowest BCUT2D eigenvalue weighted by atomic mass is 9.95. The highest BCUT2D eigenvalue weighted by Gasteiger charge is 2.28. The number of carbonyl (C=O) groups is 3. The smallest absolute Gasteiger partial charge is 0.303 e. The Labute approximate surface area is 144 Å². The zero-order chi connectivity index (χ0) is 18.7. The first kappa shape index (κ1) is 22.4. The maximum Gasteiger partial charge on any atom is 0.303 e. The minimum Gasteiger partial charge on any atom is -0.481 e. The van der Waals surface area contributed by atoms with Crippen LogP contribution in [0.5, 0.6) is 0 Å². The Morgan fingerprint density at radius 1 is 0.917 bits per heavy atom. The Bertz CT molecular complexity index is 414. The minimum atomic E-state index is -0.871. The molecule has 0 aromatic rings. The van der Waals surface area contributed by atoms with E-state index in [1.54, 1.807) is 0 Å². The van der Waals surface area contributed by atoms with Gasteiger partial charge in [-0.2, -0.15) is 0 Å². The number of rotatable bonds is 14. The Balaban J connectivity index is 5.24. The number of carboxylic acids is 2. The number of nitrogens with two attached hydrogens (primary N) is 1. The van der Waals surface area contributed by atoms with Gasteiger partial charge in [-0.25, -0.2) is 0 Å². The lowest BCUT2D eigenvalue weighted by Crippen LogP contribution is -2.48. The fourth-order valence-corrected chi connectivity index (χ4v) is 3.13. The molecule has 1 amide bonds. The van der Waals surface area contributed by atoms with Gasteiger partial charge in [-0.1, -0.05) is 33.6 Å². The van der Waals surface area contributed by atoms with Crippen molar-refractivity contribution in [2.24, 2.45) is 17.6 Å². The molecule has 0 rings (SSSR count). The van der Waals surface area contributed by atoms with Crippen LogP contribution in [0, 0.1) is 11.8 Å². The molecule has 3 atom stereocenters. The first-order valence-electron chi connectivity index (χ1n) is 8.71. The quantitative estimate of drug-likeness (QED) is 0.443. The molecule has 0 heterocycles. The van der Waals surface area contributed by atoms with Gasteiger partial charge in [0.2, 0.25) is 5.91 Å². The summed E-state index contributed by atoms with van der Waals surface area (Å²) in [5.41, 5.74) is 5.50. The molecule has 7 nitrogen and oxygen atoms in total. The molecule has 0 aliphatic heterocycles. The number of primary amides is 1. The molecule has 0 aromatic heterocycles. The van der Waals surface area contributed by atoms with E-state index in [4.69, 9.17) is 15.9 Å². The summed E-state index contributed by atoms with van der Waals surface area (Å²) in [5, 5.41) is 18.1. The van der Waals surface area contributed by atoms with E-state index < -0.39 is 23.9 Å². The molecule has 0 fully saturated rings. The predicted octanol–water partition coefficient (Wildman–Crippen LogP) is 1.94. The molecule has 0 spiro atoms. The second kappa shape index (κ2) is 11.8. The zero-order valence-corrected chi connectivity index (χ0v) is 15.0. The molecule has 7 heteroatoms. The second-order valence-electron chi connectivity index (χ2n) is 6.41. The van der Waals surface area contributed by atoms with Crippen molar-refractivity contribution in [1.29, 1.82) is 0 Å².